The minimum absolute atomic E-state index is 0.321. The van der Waals surface area contributed by atoms with Crippen LogP contribution in [0.4, 0.5) is 0 Å². The van der Waals surface area contributed by atoms with Crippen LogP contribution in [-0.4, -0.2) is 19.3 Å². The van der Waals surface area contributed by atoms with E-state index in [2.05, 4.69) is 144 Å². The summed E-state index contributed by atoms with van der Waals surface area (Å²) in [5, 5.41) is 7.35. The maximum Gasteiger partial charge on any atom is 0.137 e. The first-order valence-corrected chi connectivity index (χ1v) is 16.2. The van der Waals surface area contributed by atoms with Crippen LogP contribution in [0.5, 0.6) is 11.5 Å². The quantitative estimate of drug-likeness (QED) is 0.182. The molecular weight excluding hydrogens is 564 g/mol. The van der Waals surface area contributed by atoms with E-state index in [1.165, 1.54) is 44.2 Å². The lowest BCUT2D eigenvalue weighted by atomic mass is 9.94. The van der Waals surface area contributed by atoms with Crippen molar-refractivity contribution in [2.24, 2.45) is 0 Å². The Labute approximate surface area is 271 Å². The molecule has 0 spiro atoms. The number of pyridine rings is 1. The van der Waals surface area contributed by atoms with Crippen LogP contribution in [0.2, 0.25) is 0 Å². The van der Waals surface area contributed by atoms with Crippen molar-refractivity contribution >= 4 is 21.8 Å². The molecule has 0 saturated carbocycles. The summed E-state index contributed by atoms with van der Waals surface area (Å²) >= 11 is 0. The molecule has 0 amide bonds. The van der Waals surface area contributed by atoms with Crippen molar-refractivity contribution in [1.82, 2.24) is 19.3 Å². The second-order valence-corrected chi connectivity index (χ2v) is 12.8. The highest BCUT2D eigenvalue weighted by Gasteiger charge is 2.17. The van der Waals surface area contributed by atoms with Crippen LogP contribution in [0.25, 0.3) is 44.4 Å². The van der Waals surface area contributed by atoms with Gasteiger partial charge in [-0.25, -0.2) is 9.67 Å². The number of aryl methyl sites for hydroxylation is 5. The number of aromatic nitrogens is 4. The van der Waals surface area contributed by atoms with Crippen LogP contribution in [0.3, 0.4) is 0 Å². The maximum absolute atomic E-state index is 6.67. The van der Waals surface area contributed by atoms with Gasteiger partial charge in [0.15, 0.2) is 0 Å². The number of hydrogen-bond donors (Lipinski definition) is 0. The second-order valence-electron chi connectivity index (χ2n) is 12.8. The average Bonchev–Trinajstić information content (AvgIpc) is 3.58. The summed E-state index contributed by atoms with van der Waals surface area (Å²) < 4.78 is 10.9. The summed E-state index contributed by atoms with van der Waals surface area (Å²) in [5.74, 6) is 2.79. The number of nitrogens with zero attached hydrogens (tertiary/aromatic N) is 4. The van der Waals surface area contributed by atoms with Crippen molar-refractivity contribution in [3.8, 4) is 34.1 Å². The molecular formula is C41H40N4O. The van der Waals surface area contributed by atoms with Gasteiger partial charge >= 0.3 is 0 Å². The van der Waals surface area contributed by atoms with Gasteiger partial charge < -0.3 is 4.74 Å². The second kappa shape index (κ2) is 11.6. The molecule has 3 aromatic heterocycles. The van der Waals surface area contributed by atoms with Gasteiger partial charge in [-0.1, -0.05) is 56.7 Å². The van der Waals surface area contributed by atoms with Crippen molar-refractivity contribution in [2.45, 2.75) is 60.8 Å². The van der Waals surface area contributed by atoms with Gasteiger partial charge in [-0.15, -0.1) is 0 Å². The van der Waals surface area contributed by atoms with Gasteiger partial charge in [-0.3, -0.25) is 4.57 Å². The Morgan fingerprint density at radius 3 is 2.28 bits per heavy atom. The third kappa shape index (κ3) is 5.26. The average molecular weight is 605 g/mol. The standard InChI is InChI=1S/C41H40N4O/c1-8-30-15-16-42-40(19-30)45-38-12-10-9-11-35(38)36-14-13-33(23-39(36)45)46-34-21-31(25(2)3)20-32(22-34)44-24-37(29(7)43-44)41-27(5)17-26(4)18-28(41)6/h9-25H,8H2,1-7H3. The molecule has 0 radical (unpaired) electrons. The molecule has 5 nitrogen and oxygen atoms in total. The molecule has 7 rings (SSSR count). The molecule has 0 atom stereocenters. The van der Waals surface area contributed by atoms with Gasteiger partial charge in [0.1, 0.15) is 17.3 Å². The highest BCUT2D eigenvalue weighted by Crippen LogP contribution is 2.37. The minimum Gasteiger partial charge on any atom is -0.457 e. The molecule has 0 N–H and O–H groups in total. The van der Waals surface area contributed by atoms with E-state index in [9.17, 15) is 0 Å². The lowest BCUT2D eigenvalue weighted by Crippen LogP contribution is -2.00. The lowest BCUT2D eigenvalue weighted by molar-refractivity contribution is 0.481. The van der Waals surface area contributed by atoms with E-state index >= 15 is 0 Å². The van der Waals surface area contributed by atoms with Crippen LogP contribution in [0, 0.1) is 27.7 Å². The van der Waals surface area contributed by atoms with Gasteiger partial charge in [0.25, 0.3) is 0 Å². The molecule has 5 heteroatoms. The third-order valence-electron chi connectivity index (χ3n) is 9.02. The van der Waals surface area contributed by atoms with Crippen LogP contribution < -0.4 is 4.74 Å². The summed E-state index contributed by atoms with van der Waals surface area (Å²) in [6.07, 6.45) is 5.01. The zero-order valence-electron chi connectivity index (χ0n) is 27.7. The molecule has 0 aliphatic carbocycles. The number of rotatable bonds is 7. The number of para-hydroxylation sites is 1. The number of fused-ring (bicyclic) bond motifs is 3. The van der Waals surface area contributed by atoms with Gasteiger partial charge in [-0.05, 0) is 110 Å². The molecule has 46 heavy (non-hydrogen) atoms. The first-order valence-electron chi connectivity index (χ1n) is 16.2. The molecule has 3 heterocycles. The van der Waals surface area contributed by atoms with Crippen LogP contribution in [0.1, 0.15) is 60.2 Å². The van der Waals surface area contributed by atoms with E-state index in [4.69, 9.17) is 14.8 Å². The van der Waals surface area contributed by atoms with E-state index in [-0.39, 0.29) is 0 Å². The van der Waals surface area contributed by atoms with E-state index in [1.807, 2.05) is 10.9 Å². The van der Waals surface area contributed by atoms with Crippen molar-refractivity contribution in [3.05, 3.63) is 131 Å². The van der Waals surface area contributed by atoms with Crippen molar-refractivity contribution in [1.29, 1.82) is 0 Å². The SMILES string of the molecule is CCc1ccnc(-n2c3ccccc3c3ccc(Oc4cc(C(C)C)cc(-n5cc(-c6c(C)cc(C)cc6C)c(C)n5)c4)cc32)c1. The molecule has 230 valence electrons. The Morgan fingerprint density at radius 2 is 1.52 bits per heavy atom. The zero-order chi connectivity index (χ0) is 32.1. The van der Waals surface area contributed by atoms with E-state index < -0.39 is 0 Å². The highest BCUT2D eigenvalue weighted by molar-refractivity contribution is 6.09. The first kappa shape index (κ1) is 29.5. The summed E-state index contributed by atoms with van der Waals surface area (Å²) in [6.45, 7) is 15.2. The van der Waals surface area contributed by atoms with Gasteiger partial charge in [0.2, 0.25) is 0 Å². The van der Waals surface area contributed by atoms with Gasteiger partial charge in [0.05, 0.1) is 22.4 Å². The molecule has 7 aromatic rings. The maximum atomic E-state index is 6.67. The predicted molar refractivity (Wildman–Crippen MR) is 190 cm³/mol. The Bertz CT molecular complexity index is 2230. The molecule has 0 aliphatic heterocycles. The molecule has 0 aliphatic rings. The molecule has 0 unspecified atom stereocenters. The lowest BCUT2D eigenvalue weighted by Gasteiger charge is -2.14. The van der Waals surface area contributed by atoms with E-state index in [1.54, 1.807) is 0 Å². The van der Waals surface area contributed by atoms with Gasteiger partial charge in [-0.2, -0.15) is 5.10 Å². The summed E-state index contributed by atoms with van der Waals surface area (Å²) in [7, 11) is 0. The monoisotopic (exact) mass is 604 g/mol. The Morgan fingerprint density at radius 1 is 0.761 bits per heavy atom. The fraction of sp³-hybridized carbons (Fsp3) is 0.220. The molecule has 0 fully saturated rings. The van der Waals surface area contributed by atoms with Crippen LogP contribution >= 0.6 is 0 Å². The first-order chi connectivity index (χ1) is 22.2. The normalized spacial score (nSPS) is 11.7. The van der Waals surface area contributed by atoms with Crippen molar-refractivity contribution in [3.63, 3.8) is 0 Å². The largest absolute Gasteiger partial charge is 0.457 e. The van der Waals surface area contributed by atoms with Crippen LogP contribution in [-0.2, 0) is 6.42 Å². The zero-order valence-corrected chi connectivity index (χ0v) is 27.7. The number of hydrogen-bond acceptors (Lipinski definition) is 3. The molecule has 0 saturated heterocycles. The Balaban J connectivity index is 1.32. The van der Waals surface area contributed by atoms with E-state index in [0.29, 0.717) is 5.92 Å². The number of benzene rings is 4. The summed E-state index contributed by atoms with van der Waals surface area (Å²) in [6, 6.07) is 30.1. The summed E-state index contributed by atoms with van der Waals surface area (Å²) in [4.78, 5) is 4.78. The predicted octanol–water partition coefficient (Wildman–Crippen LogP) is 10.7. The number of ether oxygens (including phenoxy) is 1. The fourth-order valence-corrected chi connectivity index (χ4v) is 6.77. The molecule has 4 aromatic carbocycles. The Hall–Kier alpha value is -5.16. The van der Waals surface area contributed by atoms with E-state index in [0.717, 1.165) is 51.7 Å². The third-order valence-corrected chi connectivity index (χ3v) is 9.02. The smallest absolute Gasteiger partial charge is 0.137 e. The van der Waals surface area contributed by atoms with Crippen molar-refractivity contribution in [2.75, 3.05) is 0 Å². The van der Waals surface area contributed by atoms with Crippen molar-refractivity contribution < 1.29 is 4.74 Å². The topological polar surface area (TPSA) is 44.9 Å². The molecule has 0 bridgehead atoms. The Kier molecular flexibility index (Phi) is 7.48. The minimum atomic E-state index is 0.321. The fourth-order valence-electron chi connectivity index (χ4n) is 6.77. The highest BCUT2D eigenvalue weighted by atomic mass is 16.5. The van der Waals surface area contributed by atoms with Gasteiger partial charge in [0, 0.05) is 40.9 Å². The summed E-state index contributed by atoms with van der Waals surface area (Å²) in [5.41, 5.74) is 12.9. The van der Waals surface area contributed by atoms with Crippen LogP contribution in [0.15, 0.2) is 97.3 Å².